The maximum atomic E-state index is 12.5. The van der Waals surface area contributed by atoms with Crippen molar-refractivity contribution in [3.8, 4) is 34.5 Å². The predicted octanol–water partition coefficient (Wildman–Crippen LogP) is 2.53. The van der Waals surface area contributed by atoms with E-state index in [1.54, 1.807) is 0 Å². The van der Waals surface area contributed by atoms with Crippen LogP contribution in [0.25, 0.3) is 0 Å². The van der Waals surface area contributed by atoms with E-state index in [-0.39, 0.29) is 57.8 Å². The minimum Gasteiger partial charge on any atom is -0.508 e. The zero-order valence-electron chi connectivity index (χ0n) is 13.1. The van der Waals surface area contributed by atoms with Gasteiger partial charge in [0.1, 0.15) is 28.9 Å². The highest BCUT2D eigenvalue weighted by molar-refractivity contribution is 6.03. The molecular formula is C17H16O7. The lowest BCUT2D eigenvalue weighted by atomic mass is 9.94. The fourth-order valence-corrected chi connectivity index (χ4v) is 2.75. The van der Waals surface area contributed by atoms with Crippen molar-refractivity contribution in [2.24, 2.45) is 0 Å². The van der Waals surface area contributed by atoms with E-state index in [0.29, 0.717) is 0 Å². The second-order valence-corrected chi connectivity index (χ2v) is 5.31. The largest absolute Gasteiger partial charge is 0.508 e. The van der Waals surface area contributed by atoms with E-state index in [1.807, 2.05) is 0 Å². The molecule has 2 aromatic carbocycles. The number of carbonyl (C=O) groups is 1. The summed E-state index contributed by atoms with van der Waals surface area (Å²) in [6, 6.07) is 5.42. The molecule has 0 saturated carbocycles. The Labute approximate surface area is 137 Å². The Balaban J connectivity index is 2.09. The van der Waals surface area contributed by atoms with Gasteiger partial charge in [-0.15, -0.1) is 0 Å². The van der Waals surface area contributed by atoms with Gasteiger partial charge in [0, 0.05) is 11.6 Å². The monoisotopic (exact) mass is 332 g/mol. The van der Waals surface area contributed by atoms with Crippen molar-refractivity contribution in [2.45, 2.75) is 12.5 Å². The molecule has 3 N–H and O–H groups in total. The van der Waals surface area contributed by atoms with E-state index >= 15 is 0 Å². The molecule has 3 rings (SSSR count). The topological polar surface area (TPSA) is 105 Å². The quantitative estimate of drug-likeness (QED) is 0.742. The summed E-state index contributed by atoms with van der Waals surface area (Å²) in [5.74, 6) is -0.500. The number of ether oxygens (including phenoxy) is 3. The number of hydrogen-bond acceptors (Lipinski definition) is 7. The summed E-state index contributed by atoms with van der Waals surface area (Å²) in [6.45, 7) is 0. The molecular weight excluding hydrogens is 316 g/mol. The van der Waals surface area contributed by atoms with Crippen molar-refractivity contribution in [3.63, 3.8) is 0 Å². The maximum absolute atomic E-state index is 12.5. The molecule has 0 unspecified atom stereocenters. The molecule has 126 valence electrons. The van der Waals surface area contributed by atoms with E-state index in [2.05, 4.69) is 0 Å². The van der Waals surface area contributed by atoms with Gasteiger partial charge in [-0.05, 0) is 18.2 Å². The van der Waals surface area contributed by atoms with Gasteiger partial charge in [0.05, 0.1) is 20.6 Å². The van der Waals surface area contributed by atoms with E-state index in [0.717, 1.165) is 0 Å². The Morgan fingerprint density at radius 1 is 1.12 bits per heavy atom. The molecule has 0 aromatic heterocycles. The SMILES string of the molecule is COc1cc2c(c(O)c1OC)C(=O)C[C@@H](c1cc(O)ccc1O)O2. The van der Waals surface area contributed by atoms with Crippen LogP contribution in [-0.4, -0.2) is 35.3 Å². The Morgan fingerprint density at radius 3 is 2.54 bits per heavy atom. The van der Waals surface area contributed by atoms with Crippen LogP contribution in [0.2, 0.25) is 0 Å². The highest BCUT2D eigenvalue weighted by Gasteiger charge is 2.34. The number of hydrogen-bond donors (Lipinski definition) is 3. The number of Topliss-reactive ketones (excluding diaryl/α,β-unsaturated/α-hetero) is 1. The second-order valence-electron chi connectivity index (χ2n) is 5.31. The van der Waals surface area contributed by atoms with Gasteiger partial charge in [-0.3, -0.25) is 4.79 Å². The molecule has 1 aliphatic rings. The molecule has 0 spiro atoms. The zero-order chi connectivity index (χ0) is 17.4. The van der Waals surface area contributed by atoms with Crippen molar-refractivity contribution < 1.29 is 34.3 Å². The number of ketones is 1. The lowest BCUT2D eigenvalue weighted by Gasteiger charge is -2.27. The highest BCUT2D eigenvalue weighted by Crippen LogP contribution is 2.49. The van der Waals surface area contributed by atoms with Crippen molar-refractivity contribution in [3.05, 3.63) is 35.4 Å². The second kappa shape index (κ2) is 5.84. The molecule has 0 saturated heterocycles. The van der Waals surface area contributed by atoms with E-state index < -0.39 is 6.10 Å². The van der Waals surface area contributed by atoms with Crippen LogP contribution in [0.3, 0.4) is 0 Å². The Hall–Kier alpha value is -3.09. The fraction of sp³-hybridized carbons (Fsp3) is 0.235. The van der Waals surface area contributed by atoms with Gasteiger partial charge in [-0.2, -0.15) is 0 Å². The van der Waals surface area contributed by atoms with E-state index in [9.17, 15) is 20.1 Å². The third kappa shape index (κ3) is 2.44. The molecule has 0 aliphatic carbocycles. The third-order valence-corrected chi connectivity index (χ3v) is 3.89. The lowest BCUT2D eigenvalue weighted by Crippen LogP contribution is -2.21. The molecule has 2 aromatic rings. The Kier molecular flexibility index (Phi) is 3.84. The molecule has 0 bridgehead atoms. The minimum atomic E-state index is -0.797. The van der Waals surface area contributed by atoms with E-state index in [4.69, 9.17) is 14.2 Å². The molecule has 1 heterocycles. The fourth-order valence-electron chi connectivity index (χ4n) is 2.75. The van der Waals surface area contributed by atoms with E-state index in [1.165, 1.54) is 38.5 Å². The molecule has 1 aliphatic heterocycles. The van der Waals surface area contributed by atoms with Crippen molar-refractivity contribution in [1.29, 1.82) is 0 Å². The van der Waals surface area contributed by atoms with Crippen LogP contribution < -0.4 is 14.2 Å². The molecule has 1 atom stereocenters. The van der Waals surface area contributed by atoms with Crippen molar-refractivity contribution in [2.75, 3.05) is 14.2 Å². The number of rotatable bonds is 3. The predicted molar refractivity (Wildman–Crippen MR) is 83.3 cm³/mol. The zero-order valence-corrected chi connectivity index (χ0v) is 13.1. The molecule has 7 nitrogen and oxygen atoms in total. The van der Waals surface area contributed by atoms with Crippen molar-refractivity contribution >= 4 is 5.78 Å². The van der Waals surface area contributed by atoms with Crippen LogP contribution in [0.15, 0.2) is 24.3 Å². The third-order valence-electron chi connectivity index (χ3n) is 3.89. The number of fused-ring (bicyclic) bond motifs is 1. The van der Waals surface area contributed by atoms with Gasteiger partial charge in [0.2, 0.25) is 5.75 Å². The van der Waals surface area contributed by atoms with Gasteiger partial charge in [0.15, 0.2) is 17.3 Å². The van der Waals surface area contributed by atoms with Gasteiger partial charge in [-0.25, -0.2) is 0 Å². The highest BCUT2D eigenvalue weighted by atomic mass is 16.5. The number of carbonyl (C=O) groups excluding carboxylic acids is 1. The number of methoxy groups -OCH3 is 2. The van der Waals surface area contributed by atoms with Gasteiger partial charge >= 0.3 is 0 Å². The number of aromatic hydroxyl groups is 3. The summed E-state index contributed by atoms with van der Waals surface area (Å²) < 4.78 is 16.0. The van der Waals surface area contributed by atoms with Crippen LogP contribution in [0.5, 0.6) is 34.5 Å². The van der Waals surface area contributed by atoms with Gasteiger partial charge in [-0.1, -0.05) is 0 Å². The van der Waals surface area contributed by atoms with Crippen LogP contribution in [-0.2, 0) is 0 Å². The van der Waals surface area contributed by atoms with Crippen LogP contribution in [0.4, 0.5) is 0 Å². The van der Waals surface area contributed by atoms with Crippen LogP contribution >= 0.6 is 0 Å². The summed E-state index contributed by atoms with van der Waals surface area (Å²) in [5, 5.41) is 29.8. The minimum absolute atomic E-state index is 0.00328. The molecule has 7 heteroatoms. The summed E-state index contributed by atoms with van der Waals surface area (Å²) in [5.41, 5.74) is 0.284. The number of phenolic OH excluding ortho intramolecular Hbond substituents is 3. The Bertz CT molecular complexity index is 813. The normalized spacial score (nSPS) is 16.2. The summed E-state index contributed by atoms with van der Waals surface area (Å²) >= 11 is 0. The first-order valence-corrected chi connectivity index (χ1v) is 7.16. The molecule has 0 radical (unpaired) electrons. The van der Waals surface area contributed by atoms with Crippen LogP contribution in [0, 0.1) is 0 Å². The standard InChI is InChI=1S/C17H16O7/c1-22-14-7-13-15(16(21)17(14)23-2)11(20)6-12(24-13)9-5-8(18)3-4-10(9)19/h3-5,7,12,18-19,21H,6H2,1-2H3/t12-/m0/s1. The van der Waals surface area contributed by atoms with Crippen LogP contribution in [0.1, 0.15) is 28.4 Å². The molecule has 0 fully saturated rings. The smallest absolute Gasteiger partial charge is 0.204 e. The average molecular weight is 332 g/mol. The lowest BCUT2D eigenvalue weighted by molar-refractivity contribution is 0.0840. The summed E-state index contributed by atoms with van der Waals surface area (Å²) in [7, 11) is 2.75. The Morgan fingerprint density at radius 2 is 1.88 bits per heavy atom. The first kappa shape index (κ1) is 15.8. The molecule has 24 heavy (non-hydrogen) atoms. The molecule has 0 amide bonds. The van der Waals surface area contributed by atoms with Gasteiger partial charge < -0.3 is 29.5 Å². The number of phenols is 3. The van der Waals surface area contributed by atoms with Crippen molar-refractivity contribution in [1.82, 2.24) is 0 Å². The maximum Gasteiger partial charge on any atom is 0.204 e. The summed E-state index contributed by atoms with van der Waals surface area (Å²) in [6.07, 6.45) is -0.901. The number of benzene rings is 2. The summed E-state index contributed by atoms with van der Waals surface area (Å²) in [4.78, 5) is 12.5. The first-order chi connectivity index (χ1) is 11.5. The first-order valence-electron chi connectivity index (χ1n) is 7.16. The van der Waals surface area contributed by atoms with Gasteiger partial charge in [0.25, 0.3) is 0 Å². The average Bonchev–Trinajstić information content (AvgIpc) is 2.56.